The van der Waals surface area contributed by atoms with Gasteiger partial charge in [0, 0.05) is 29.1 Å². The topological polar surface area (TPSA) is 79.1 Å². The lowest BCUT2D eigenvalue weighted by Crippen LogP contribution is -1.92. The van der Waals surface area contributed by atoms with Crippen LogP contribution in [0.2, 0.25) is 0 Å². The Hall–Kier alpha value is -2.77. The number of aryl methyl sites for hydroxylation is 2. The van der Waals surface area contributed by atoms with Crippen LogP contribution < -0.4 is 4.87 Å². The number of benzene rings is 2. The molecule has 0 radical (unpaired) electrons. The van der Waals surface area contributed by atoms with Gasteiger partial charge < -0.3 is 9.52 Å². The SMILES string of the molecule is Cc1oc(-c2ccccc2)nc1CCSc1ccc(Cc2sc(=O)[nH]c2O)cc1. The third-order valence-electron chi connectivity index (χ3n) is 4.51. The fourth-order valence-electron chi connectivity index (χ4n) is 2.99. The number of hydrogen-bond acceptors (Lipinski definition) is 6. The number of aromatic hydroxyl groups is 1. The van der Waals surface area contributed by atoms with Crippen LogP contribution in [0.15, 0.2) is 68.7 Å². The summed E-state index contributed by atoms with van der Waals surface area (Å²) in [4.78, 5) is 19.9. The quantitative estimate of drug-likeness (QED) is 0.407. The molecule has 0 aliphatic rings. The van der Waals surface area contributed by atoms with Gasteiger partial charge in [0.2, 0.25) is 11.8 Å². The van der Waals surface area contributed by atoms with E-state index in [4.69, 9.17) is 4.42 Å². The first-order valence-electron chi connectivity index (χ1n) is 9.23. The highest BCUT2D eigenvalue weighted by atomic mass is 32.2. The summed E-state index contributed by atoms with van der Waals surface area (Å²) in [6.07, 6.45) is 1.38. The lowest BCUT2D eigenvalue weighted by atomic mass is 10.1. The van der Waals surface area contributed by atoms with Gasteiger partial charge in [0.25, 0.3) is 0 Å². The second kappa shape index (κ2) is 8.71. The van der Waals surface area contributed by atoms with E-state index in [1.54, 1.807) is 11.8 Å². The first kappa shape index (κ1) is 19.5. The van der Waals surface area contributed by atoms with Gasteiger partial charge >= 0.3 is 4.87 Å². The second-order valence-electron chi connectivity index (χ2n) is 6.59. The Morgan fingerprint density at radius 2 is 1.90 bits per heavy atom. The summed E-state index contributed by atoms with van der Waals surface area (Å²) in [7, 11) is 0. The van der Waals surface area contributed by atoms with Crippen molar-refractivity contribution < 1.29 is 9.52 Å². The second-order valence-corrected chi connectivity index (χ2v) is 8.83. The summed E-state index contributed by atoms with van der Waals surface area (Å²) in [6, 6.07) is 18.1. The minimum atomic E-state index is -0.233. The Morgan fingerprint density at radius 1 is 1.14 bits per heavy atom. The summed E-state index contributed by atoms with van der Waals surface area (Å²) in [5.74, 6) is 2.41. The molecule has 0 bridgehead atoms. The number of aromatic nitrogens is 2. The van der Waals surface area contributed by atoms with Crippen molar-refractivity contribution in [1.82, 2.24) is 9.97 Å². The van der Waals surface area contributed by atoms with Crippen LogP contribution in [-0.4, -0.2) is 20.8 Å². The summed E-state index contributed by atoms with van der Waals surface area (Å²) >= 11 is 2.81. The third kappa shape index (κ3) is 4.81. The Kier molecular flexibility index (Phi) is 5.87. The van der Waals surface area contributed by atoms with E-state index in [2.05, 4.69) is 22.1 Å². The van der Waals surface area contributed by atoms with Crippen molar-refractivity contribution in [2.45, 2.75) is 24.7 Å². The fraction of sp³-hybridized carbons (Fsp3) is 0.182. The molecule has 0 saturated carbocycles. The van der Waals surface area contributed by atoms with Crippen LogP contribution in [0.1, 0.15) is 21.9 Å². The predicted octanol–water partition coefficient (Wildman–Crippen LogP) is 5.03. The molecule has 0 aliphatic heterocycles. The van der Waals surface area contributed by atoms with Crippen LogP contribution in [0.5, 0.6) is 5.88 Å². The zero-order chi connectivity index (χ0) is 20.2. The highest BCUT2D eigenvalue weighted by Gasteiger charge is 2.11. The zero-order valence-electron chi connectivity index (χ0n) is 15.8. The smallest absolute Gasteiger partial charge is 0.307 e. The summed E-state index contributed by atoms with van der Waals surface area (Å²) in [6.45, 7) is 1.96. The molecule has 2 heterocycles. The minimum Gasteiger partial charge on any atom is -0.494 e. The van der Waals surface area contributed by atoms with Crippen LogP contribution >= 0.6 is 23.1 Å². The van der Waals surface area contributed by atoms with E-state index < -0.39 is 0 Å². The van der Waals surface area contributed by atoms with Gasteiger partial charge in [-0.3, -0.25) is 9.78 Å². The Balaban J connectivity index is 1.33. The number of nitrogens with zero attached hydrogens (tertiary/aromatic N) is 1. The Bertz CT molecular complexity index is 1150. The van der Waals surface area contributed by atoms with Gasteiger partial charge in [-0.1, -0.05) is 41.7 Å². The summed E-state index contributed by atoms with van der Waals surface area (Å²) in [5, 5.41) is 9.71. The van der Waals surface area contributed by atoms with Crippen molar-refractivity contribution in [2.75, 3.05) is 5.75 Å². The van der Waals surface area contributed by atoms with Gasteiger partial charge in [0.1, 0.15) is 5.76 Å². The van der Waals surface area contributed by atoms with Crippen molar-refractivity contribution in [1.29, 1.82) is 0 Å². The van der Waals surface area contributed by atoms with Gasteiger partial charge in [-0.15, -0.1) is 11.8 Å². The van der Waals surface area contributed by atoms with Gasteiger partial charge in [0.15, 0.2) is 0 Å². The lowest BCUT2D eigenvalue weighted by molar-refractivity contribution is 0.451. The van der Waals surface area contributed by atoms with E-state index >= 15 is 0 Å². The summed E-state index contributed by atoms with van der Waals surface area (Å²) < 4.78 is 5.82. The van der Waals surface area contributed by atoms with E-state index in [1.165, 1.54) is 4.90 Å². The van der Waals surface area contributed by atoms with Gasteiger partial charge in [-0.05, 0) is 36.8 Å². The van der Waals surface area contributed by atoms with Crippen molar-refractivity contribution in [3.8, 4) is 17.3 Å². The van der Waals surface area contributed by atoms with E-state index in [9.17, 15) is 9.90 Å². The van der Waals surface area contributed by atoms with Gasteiger partial charge in [-0.25, -0.2) is 4.98 Å². The Labute approximate surface area is 176 Å². The first-order chi connectivity index (χ1) is 14.1. The van der Waals surface area contributed by atoms with Gasteiger partial charge in [0.05, 0.1) is 10.6 Å². The molecule has 7 heteroatoms. The maximum absolute atomic E-state index is 11.3. The highest BCUT2D eigenvalue weighted by molar-refractivity contribution is 7.99. The van der Waals surface area contributed by atoms with Crippen molar-refractivity contribution in [3.63, 3.8) is 0 Å². The number of thioether (sulfide) groups is 1. The molecule has 0 amide bonds. The molecule has 2 N–H and O–H groups in total. The molecule has 0 saturated heterocycles. The average molecular weight is 425 g/mol. The number of aromatic amines is 1. The molecule has 148 valence electrons. The normalized spacial score (nSPS) is 11.1. The van der Waals surface area contributed by atoms with Crippen molar-refractivity contribution in [3.05, 3.63) is 86.2 Å². The van der Waals surface area contributed by atoms with E-state index in [-0.39, 0.29) is 10.8 Å². The van der Waals surface area contributed by atoms with Crippen LogP contribution in [0.25, 0.3) is 11.5 Å². The van der Waals surface area contributed by atoms with E-state index in [0.717, 1.165) is 46.1 Å². The molecule has 4 rings (SSSR count). The first-order valence-corrected chi connectivity index (χ1v) is 11.0. The molecular formula is C22H20N2O3S2. The van der Waals surface area contributed by atoms with Crippen molar-refractivity contribution >= 4 is 23.1 Å². The molecule has 0 fully saturated rings. The monoisotopic (exact) mass is 424 g/mol. The number of H-pyrrole nitrogens is 1. The molecule has 29 heavy (non-hydrogen) atoms. The number of hydrogen-bond donors (Lipinski definition) is 2. The molecular weight excluding hydrogens is 404 g/mol. The number of thiazole rings is 1. The number of rotatable bonds is 7. The standard InChI is InChI=1S/C22H20N2O3S2/c1-14-18(23-21(27-14)16-5-3-2-4-6-16)11-12-28-17-9-7-15(8-10-17)13-19-20(25)24-22(26)29-19/h2-10,25H,11-13H2,1H3,(H,24,26). The average Bonchev–Trinajstić information content (AvgIpc) is 3.25. The molecule has 4 aromatic rings. The minimum absolute atomic E-state index is 0.0312. The fourth-order valence-corrected chi connectivity index (χ4v) is 4.61. The predicted molar refractivity (Wildman–Crippen MR) is 117 cm³/mol. The Morgan fingerprint density at radius 3 is 2.59 bits per heavy atom. The van der Waals surface area contributed by atoms with Crippen molar-refractivity contribution in [2.24, 2.45) is 0 Å². The third-order valence-corrected chi connectivity index (χ3v) is 6.39. The lowest BCUT2D eigenvalue weighted by Gasteiger charge is -2.03. The molecule has 0 atom stereocenters. The van der Waals surface area contributed by atoms with Crippen LogP contribution in [0, 0.1) is 6.92 Å². The van der Waals surface area contributed by atoms with Crippen LogP contribution in [0.3, 0.4) is 0 Å². The maximum atomic E-state index is 11.3. The molecule has 0 spiro atoms. The zero-order valence-corrected chi connectivity index (χ0v) is 17.5. The van der Waals surface area contributed by atoms with E-state index in [0.29, 0.717) is 17.2 Å². The maximum Gasteiger partial charge on any atom is 0.307 e. The summed E-state index contributed by atoms with van der Waals surface area (Å²) in [5.41, 5.74) is 3.04. The molecule has 2 aromatic heterocycles. The van der Waals surface area contributed by atoms with E-state index in [1.807, 2.05) is 49.4 Å². The number of oxazole rings is 1. The molecule has 2 aromatic carbocycles. The molecule has 0 unspecified atom stereocenters. The molecule has 5 nitrogen and oxygen atoms in total. The molecule has 0 aliphatic carbocycles. The van der Waals surface area contributed by atoms with Gasteiger partial charge in [-0.2, -0.15) is 0 Å². The van der Waals surface area contributed by atoms with Crippen LogP contribution in [0.4, 0.5) is 0 Å². The van der Waals surface area contributed by atoms with Crippen LogP contribution in [-0.2, 0) is 12.8 Å². The highest BCUT2D eigenvalue weighted by Crippen LogP contribution is 2.25. The largest absolute Gasteiger partial charge is 0.494 e. The number of nitrogens with one attached hydrogen (secondary N) is 1.